The van der Waals surface area contributed by atoms with Crippen molar-refractivity contribution in [2.45, 2.75) is 39.2 Å². The second kappa shape index (κ2) is 4.82. The number of hydrogen-bond acceptors (Lipinski definition) is 1. The summed E-state index contributed by atoms with van der Waals surface area (Å²) >= 11 is 0. The van der Waals surface area contributed by atoms with Crippen LogP contribution in [0.15, 0.2) is 36.4 Å². The molecule has 2 aromatic carbocycles. The smallest absolute Gasteiger partial charge is 0.0793 e. The minimum Gasteiger partial charge on any atom is -0.388 e. The molecule has 2 aromatic rings. The van der Waals surface area contributed by atoms with Gasteiger partial charge >= 0.3 is 0 Å². The molecule has 1 heteroatoms. The van der Waals surface area contributed by atoms with Crippen LogP contribution in [0.4, 0.5) is 0 Å². The molecule has 0 bridgehead atoms. The van der Waals surface area contributed by atoms with Crippen molar-refractivity contribution in [3.05, 3.63) is 58.7 Å². The van der Waals surface area contributed by atoms with Gasteiger partial charge in [0, 0.05) is 0 Å². The lowest BCUT2D eigenvalue weighted by Crippen LogP contribution is -2.10. The van der Waals surface area contributed by atoms with Gasteiger partial charge in [-0.2, -0.15) is 0 Å². The molecule has 1 atom stereocenters. The Morgan fingerprint density at radius 1 is 1.05 bits per heavy atom. The highest BCUT2D eigenvalue weighted by Gasteiger charge is 2.20. The lowest BCUT2D eigenvalue weighted by atomic mass is 9.84. The first-order valence-electron chi connectivity index (χ1n) is 7.04. The first-order chi connectivity index (χ1) is 9.16. The Balaban J connectivity index is 2.15. The van der Waals surface area contributed by atoms with Gasteiger partial charge in [-0.1, -0.05) is 36.4 Å². The maximum atomic E-state index is 10.1. The number of fused-ring (bicyclic) bond motifs is 1. The topological polar surface area (TPSA) is 20.2 Å². The van der Waals surface area contributed by atoms with E-state index in [0.717, 1.165) is 24.8 Å². The van der Waals surface area contributed by atoms with Gasteiger partial charge in [0.2, 0.25) is 0 Å². The average Bonchev–Trinajstić information content (AvgIpc) is 2.42. The molecule has 1 aliphatic rings. The second-order valence-electron chi connectivity index (χ2n) is 5.58. The molecule has 98 valence electrons. The summed E-state index contributed by atoms with van der Waals surface area (Å²) in [6.07, 6.45) is 2.77. The van der Waals surface area contributed by atoms with E-state index in [1.54, 1.807) is 0 Å². The van der Waals surface area contributed by atoms with Crippen molar-refractivity contribution in [2.75, 3.05) is 0 Å². The lowest BCUT2D eigenvalue weighted by Gasteiger charge is -2.24. The van der Waals surface area contributed by atoms with Crippen molar-refractivity contribution in [1.29, 1.82) is 0 Å². The van der Waals surface area contributed by atoms with Gasteiger partial charge in [0.15, 0.2) is 0 Å². The Bertz CT molecular complexity index is 613. The van der Waals surface area contributed by atoms with Crippen LogP contribution in [0.1, 0.15) is 41.2 Å². The molecular weight excluding hydrogens is 232 g/mol. The Kier molecular flexibility index (Phi) is 3.16. The van der Waals surface area contributed by atoms with E-state index in [4.69, 9.17) is 0 Å². The minimum absolute atomic E-state index is 0.282. The van der Waals surface area contributed by atoms with Gasteiger partial charge in [0.05, 0.1) is 6.10 Å². The third-order valence-electron chi connectivity index (χ3n) is 4.29. The van der Waals surface area contributed by atoms with Gasteiger partial charge in [0.1, 0.15) is 0 Å². The molecule has 1 N–H and O–H groups in total. The van der Waals surface area contributed by atoms with Crippen molar-refractivity contribution in [3.63, 3.8) is 0 Å². The molecule has 0 fully saturated rings. The Morgan fingerprint density at radius 3 is 2.68 bits per heavy atom. The number of benzene rings is 2. The molecule has 0 amide bonds. The molecule has 0 heterocycles. The summed E-state index contributed by atoms with van der Waals surface area (Å²) in [6, 6.07) is 13.0. The highest BCUT2D eigenvalue weighted by molar-refractivity contribution is 5.70. The fourth-order valence-electron chi connectivity index (χ4n) is 3.00. The van der Waals surface area contributed by atoms with Crippen LogP contribution in [0.5, 0.6) is 0 Å². The van der Waals surface area contributed by atoms with Gasteiger partial charge in [-0.05, 0) is 66.5 Å². The largest absolute Gasteiger partial charge is 0.388 e. The standard InChI is InChI=1S/C18H20O/c1-12-9-10-14(11-13(12)2)15-5-3-7-17-16(15)6-4-8-18(17)19/h3,5,7,9-11,18-19H,4,6,8H2,1-2H3. The van der Waals surface area contributed by atoms with Crippen LogP contribution in [0, 0.1) is 13.8 Å². The fraction of sp³-hybridized carbons (Fsp3) is 0.333. The highest BCUT2D eigenvalue weighted by atomic mass is 16.3. The fourth-order valence-corrected chi connectivity index (χ4v) is 3.00. The number of aliphatic hydroxyl groups is 1. The number of rotatable bonds is 1. The number of aliphatic hydroxyl groups excluding tert-OH is 1. The zero-order valence-electron chi connectivity index (χ0n) is 11.6. The van der Waals surface area contributed by atoms with E-state index in [2.05, 4.69) is 50.2 Å². The Hall–Kier alpha value is -1.60. The summed E-state index contributed by atoms with van der Waals surface area (Å²) in [6.45, 7) is 4.30. The van der Waals surface area contributed by atoms with Crippen molar-refractivity contribution < 1.29 is 5.11 Å². The predicted molar refractivity (Wildman–Crippen MR) is 79.2 cm³/mol. The molecule has 1 unspecified atom stereocenters. The van der Waals surface area contributed by atoms with Crippen LogP contribution in [0.2, 0.25) is 0 Å². The van der Waals surface area contributed by atoms with E-state index in [-0.39, 0.29) is 6.10 Å². The first kappa shape index (κ1) is 12.4. The van der Waals surface area contributed by atoms with E-state index >= 15 is 0 Å². The van der Waals surface area contributed by atoms with E-state index in [9.17, 15) is 5.11 Å². The van der Waals surface area contributed by atoms with Crippen molar-refractivity contribution in [3.8, 4) is 11.1 Å². The third-order valence-corrected chi connectivity index (χ3v) is 4.29. The monoisotopic (exact) mass is 252 g/mol. The third kappa shape index (κ3) is 2.19. The summed E-state index contributed by atoms with van der Waals surface area (Å²) < 4.78 is 0. The molecular formula is C18H20O. The van der Waals surface area contributed by atoms with E-state index in [1.165, 1.54) is 27.8 Å². The number of hydrogen-bond donors (Lipinski definition) is 1. The number of aryl methyl sites for hydroxylation is 2. The van der Waals surface area contributed by atoms with Crippen LogP contribution in [0.25, 0.3) is 11.1 Å². The van der Waals surface area contributed by atoms with Gasteiger partial charge in [-0.15, -0.1) is 0 Å². The van der Waals surface area contributed by atoms with Crippen LogP contribution >= 0.6 is 0 Å². The van der Waals surface area contributed by atoms with Gasteiger partial charge in [-0.25, -0.2) is 0 Å². The molecule has 1 nitrogen and oxygen atoms in total. The summed E-state index contributed by atoms with van der Waals surface area (Å²) in [4.78, 5) is 0. The predicted octanol–water partition coefficient (Wildman–Crippen LogP) is 4.34. The molecule has 0 aromatic heterocycles. The average molecular weight is 252 g/mol. The summed E-state index contributed by atoms with van der Waals surface area (Å²) in [5, 5.41) is 10.1. The van der Waals surface area contributed by atoms with Crippen LogP contribution < -0.4 is 0 Å². The zero-order valence-corrected chi connectivity index (χ0v) is 11.6. The highest BCUT2D eigenvalue weighted by Crippen LogP contribution is 2.36. The quantitative estimate of drug-likeness (QED) is 0.800. The van der Waals surface area contributed by atoms with Gasteiger partial charge in [0.25, 0.3) is 0 Å². The second-order valence-corrected chi connectivity index (χ2v) is 5.58. The van der Waals surface area contributed by atoms with E-state index in [1.807, 2.05) is 0 Å². The van der Waals surface area contributed by atoms with Gasteiger partial charge in [-0.3, -0.25) is 0 Å². The maximum Gasteiger partial charge on any atom is 0.0793 e. The Morgan fingerprint density at radius 2 is 1.89 bits per heavy atom. The zero-order chi connectivity index (χ0) is 13.4. The molecule has 0 saturated heterocycles. The molecule has 19 heavy (non-hydrogen) atoms. The first-order valence-corrected chi connectivity index (χ1v) is 7.04. The molecule has 3 rings (SSSR count). The molecule has 0 radical (unpaired) electrons. The molecule has 0 aliphatic heterocycles. The van der Waals surface area contributed by atoms with Gasteiger partial charge < -0.3 is 5.11 Å². The van der Waals surface area contributed by atoms with E-state index < -0.39 is 0 Å². The van der Waals surface area contributed by atoms with Crippen molar-refractivity contribution in [2.24, 2.45) is 0 Å². The summed E-state index contributed by atoms with van der Waals surface area (Å²) in [5.41, 5.74) is 7.68. The van der Waals surface area contributed by atoms with Crippen LogP contribution in [-0.4, -0.2) is 5.11 Å². The maximum absolute atomic E-state index is 10.1. The lowest BCUT2D eigenvalue weighted by molar-refractivity contribution is 0.156. The summed E-state index contributed by atoms with van der Waals surface area (Å²) in [7, 11) is 0. The van der Waals surface area contributed by atoms with E-state index in [0.29, 0.717) is 0 Å². The van der Waals surface area contributed by atoms with Crippen LogP contribution in [-0.2, 0) is 6.42 Å². The summed E-state index contributed by atoms with van der Waals surface area (Å²) in [5.74, 6) is 0. The minimum atomic E-state index is -0.282. The molecule has 1 aliphatic carbocycles. The molecule has 0 saturated carbocycles. The van der Waals surface area contributed by atoms with Crippen LogP contribution in [0.3, 0.4) is 0 Å². The van der Waals surface area contributed by atoms with Crippen molar-refractivity contribution in [1.82, 2.24) is 0 Å². The SMILES string of the molecule is Cc1ccc(-c2cccc3c2CCCC3O)cc1C. The molecule has 0 spiro atoms. The Labute approximate surface area is 114 Å². The normalized spacial score (nSPS) is 18.2. The van der Waals surface area contributed by atoms with Crippen molar-refractivity contribution >= 4 is 0 Å².